The molecule has 2 aromatic rings. The van der Waals surface area contributed by atoms with E-state index in [9.17, 15) is 8.42 Å². The van der Waals surface area contributed by atoms with Crippen LogP contribution in [0.3, 0.4) is 0 Å². The van der Waals surface area contributed by atoms with Crippen molar-refractivity contribution in [2.45, 2.75) is 24.4 Å². The number of sulfonamides is 1. The quantitative estimate of drug-likeness (QED) is 0.779. The van der Waals surface area contributed by atoms with Gasteiger partial charge in [0.2, 0.25) is 10.0 Å². The Hall–Kier alpha value is -1.41. The molecule has 0 saturated heterocycles. The Morgan fingerprint density at radius 3 is 2.80 bits per heavy atom. The van der Waals surface area contributed by atoms with E-state index in [1.807, 2.05) is 0 Å². The molecule has 2 rings (SSSR count). The lowest BCUT2D eigenvalue weighted by molar-refractivity contribution is 0.567. The summed E-state index contributed by atoms with van der Waals surface area (Å²) in [5.41, 5.74) is 7.00. The topological polar surface area (TPSA) is 101 Å². The summed E-state index contributed by atoms with van der Waals surface area (Å²) in [6.07, 6.45) is 3.19. The number of nitrogens with one attached hydrogen (secondary N) is 2. The van der Waals surface area contributed by atoms with Gasteiger partial charge in [0.1, 0.15) is 4.90 Å². The van der Waals surface area contributed by atoms with E-state index < -0.39 is 16.1 Å². The van der Waals surface area contributed by atoms with Crippen LogP contribution in [0.5, 0.6) is 0 Å². The third-order valence-electron chi connectivity index (χ3n) is 2.87. The summed E-state index contributed by atoms with van der Waals surface area (Å²) in [5.74, 6) is 0. The lowest BCUT2D eigenvalue weighted by Crippen LogP contribution is -2.27. The van der Waals surface area contributed by atoms with E-state index in [0.29, 0.717) is 6.54 Å². The molecule has 1 heterocycles. The number of aromatic amines is 1. The Kier molecular flexibility index (Phi) is 4.44. The van der Waals surface area contributed by atoms with Crippen molar-refractivity contribution in [1.29, 1.82) is 0 Å². The first-order valence-electron chi connectivity index (χ1n) is 5.93. The molecule has 8 heteroatoms. The number of H-pyrrole nitrogens is 1. The number of aromatic nitrogens is 2. The van der Waals surface area contributed by atoms with Crippen molar-refractivity contribution in [3.05, 3.63) is 46.7 Å². The molecule has 1 aromatic carbocycles. The second-order valence-electron chi connectivity index (χ2n) is 4.34. The van der Waals surface area contributed by atoms with Crippen LogP contribution in [0.2, 0.25) is 5.02 Å². The van der Waals surface area contributed by atoms with Crippen molar-refractivity contribution < 1.29 is 8.42 Å². The zero-order chi connectivity index (χ0) is 14.8. The molecule has 1 aromatic heterocycles. The molecule has 0 bridgehead atoms. The van der Waals surface area contributed by atoms with Crippen molar-refractivity contribution in [3.63, 3.8) is 0 Å². The highest BCUT2D eigenvalue weighted by molar-refractivity contribution is 7.89. The molecule has 0 fully saturated rings. The first kappa shape index (κ1) is 15.0. The highest BCUT2D eigenvalue weighted by atomic mass is 35.5. The molecule has 108 valence electrons. The van der Waals surface area contributed by atoms with Crippen molar-refractivity contribution in [1.82, 2.24) is 14.9 Å². The Morgan fingerprint density at radius 2 is 2.25 bits per heavy atom. The van der Waals surface area contributed by atoms with E-state index in [1.54, 1.807) is 31.5 Å². The molecule has 0 saturated carbocycles. The maximum atomic E-state index is 12.3. The highest BCUT2D eigenvalue weighted by Crippen LogP contribution is 2.24. The van der Waals surface area contributed by atoms with Gasteiger partial charge in [0.15, 0.2) is 0 Å². The van der Waals surface area contributed by atoms with Gasteiger partial charge < -0.3 is 5.73 Å². The lowest BCUT2D eigenvalue weighted by atomic mass is 10.2. The largest absolute Gasteiger partial charge is 0.326 e. The van der Waals surface area contributed by atoms with Crippen LogP contribution in [0.1, 0.15) is 24.1 Å². The second kappa shape index (κ2) is 5.92. The van der Waals surface area contributed by atoms with Gasteiger partial charge >= 0.3 is 0 Å². The van der Waals surface area contributed by atoms with E-state index in [-0.39, 0.29) is 9.92 Å². The van der Waals surface area contributed by atoms with E-state index in [0.717, 1.165) is 11.1 Å². The average Bonchev–Trinajstić information content (AvgIpc) is 2.91. The molecule has 6 nitrogen and oxygen atoms in total. The van der Waals surface area contributed by atoms with Crippen LogP contribution in [-0.2, 0) is 16.6 Å². The van der Waals surface area contributed by atoms with Gasteiger partial charge in [0, 0.05) is 24.3 Å². The molecule has 0 amide bonds. The summed E-state index contributed by atoms with van der Waals surface area (Å²) in [7, 11) is -3.71. The normalized spacial score (nSPS) is 13.3. The number of nitrogens with two attached hydrogens (primary N) is 1. The molecule has 0 aliphatic carbocycles. The van der Waals surface area contributed by atoms with Crippen molar-refractivity contribution in [2.75, 3.05) is 0 Å². The molecular formula is C12H15ClN4O2S. The van der Waals surface area contributed by atoms with E-state index >= 15 is 0 Å². The summed E-state index contributed by atoms with van der Waals surface area (Å²) in [6.45, 7) is 2.03. The molecule has 0 radical (unpaired) electrons. The fourth-order valence-electron chi connectivity index (χ4n) is 1.75. The smallest absolute Gasteiger partial charge is 0.242 e. The second-order valence-corrected chi connectivity index (χ2v) is 6.43. The fraction of sp³-hybridized carbons (Fsp3) is 0.250. The number of rotatable bonds is 5. The van der Waals surface area contributed by atoms with Crippen molar-refractivity contribution in [3.8, 4) is 0 Å². The summed E-state index contributed by atoms with van der Waals surface area (Å²) in [6, 6.07) is 4.24. The minimum absolute atomic E-state index is 0.0340. The van der Waals surface area contributed by atoms with Crippen molar-refractivity contribution >= 4 is 21.6 Å². The van der Waals surface area contributed by atoms with Crippen LogP contribution < -0.4 is 10.5 Å². The molecule has 0 aliphatic heterocycles. The van der Waals surface area contributed by atoms with Crippen LogP contribution in [0.15, 0.2) is 35.5 Å². The molecule has 0 aliphatic rings. The van der Waals surface area contributed by atoms with Crippen LogP contribution >= 0.6 is 11.6 Å². The SMILES string of the molecule is CC(NS(=O)(=O)c1ccc(CN)cc1Cl)c1cn[nH]c1. The molecule has 0 spiro atoms. The summed E-state index contributed by atoms with van der Waals surface area (Å²) < 4.78 is 27.2. The van der Waals surface area contributed by atoms with Gasteiger partial charge in [-0.25, -0.2) is 13.1 Å². The maximum absolute atomic E-state index is 12.3. The van der Waals surface area contributed by atoms with Gasteiger partial charge in [-0.2, -0.15) is 5.10 Å². The minimum Gasteiger partial charge on any atom is -0.326 e. The zero-order valence-corrected chi connectivity index (χ0v) is 12.4. The molecule has 20 heavy (non-hydrogen) atoms. The van der Waals surface area contributed by atoms with Crippen LogP contribution in [0.25, 0.3) is 0 Å². The fourth-order valence-corrected chi connectivity index (χ4v) is 3.55. The molecule has 1 unspecified atom stereocenters. The van der Waals surface area contributed by atoms with Gasteiger partial charge in [0.25, 0.3) is 0 Å². The van der Waals surface area contributed by atoms with Crippen LogP contribution in [-0.4, -0.2) is 18.6 Å². The summed E-state index contributed by atoms with van der Waals surface area (Å²) >= 11 is 6.01. The monoisotopic (exact) mass is 314 g/mol. The van der Waals surface area contributed by atoms with Gasteiger partial charge in [-0.3, -0.25) is 5.10 Å². The number of benzene rings is 1. The number of nitrogens with zero attached hydrogens (tertiary/aromatic N) is 1. The first-order chi connectivity index (χ1) is 9.44. The van der Waals surface area contributed by atoms with Gasteiger partial charge in [0.05, 0.1) is 11.2 Å². The maximum Gasteiger partial charge on any atom is 0.242 e. The van der Waals surface area contributed by atoms with Gasteiger partial charge in [-0.1, -0.05) is 17.7 Å². The van der Waals surface area contributed by atoms with Crippen LogP contribution in [0.4, 0.5) is 0 Å². The van der Waals surface area contributed by atoms with E-state index in [1.165, 1.54) is 6.07 Å². The average molecular weight is 315 g/mol. The van der Waals surface area contributed by atoms with E-state index in [4.69, 9.17) is 17.3 Å². The number of hydrogen-bond acceptors (Lipinski definition) is 4. The molecular weight excluding hydrogens is 300 g/mol. The van der Waals surface area contributed by atoms with E-state index in [2.05, 4.69) is 14.9 Å². The lowest BCUT2D eigenvalue weighted by Gasteiger charge is -2.14. The predicted molar refractivity (Wildman–Crippen MR) is 76.7 cm³/mol. The third-order valence-corrected chi connectivity index (χ3v) is 4.90. The number of halogens is 1. The predicted octanol–water partition coefficient (Wildman–Crippen LogP) is 1.56. The minimum atomic E-state index is -3.71. The summed E-state index contributed by atoms with van der Waals surface area (Å²) in [4.78, 5) is 0.0340. The highest BCUT2D eigenvalue weighted by Gasteiger charge is 2.21. The van der Waals surface area contributed by atoms with Gasteiger partial charge in [-0.15, -0.1) is 0 Å². The summed E-state index contributed by atoms with van der Waals surface area (Å²) in [5, 5.41) is 6.58. The van der Waals surface area contributed by atoms with Crippen LogP contribution in [0, 0.1) is 0 Å². The Balaban J connectivity index is 2.27. The Labute approximate surface area is 122 Å². The van der Waals surface area contributed by atoms with Gasteiger partial charge in [-0.05, 0) is 24.6 Å². The Bertz CT molecular complexity index is 685. The third kappa shape index (κ3) is 3.18. The number of hydrogen-bond donors (Lipinski definition) is 3. The molecule has 4 N–H and O–H groups in total. The molecule has 1 atom stereocenters. The zero-order valence-electron chi connectivity index (χ0n) is 10.8. The van der Waals surface area contributed by atoms with Crippen molar-refractivity contribution in [2.24, 2.45) is 5.73 Å². The Morgan fingerprint density at radius 1 is 1.50 bits per heavy atom. The standard InChI is InChI=1S/C12H15ClN4O2S/c1-8(10-6-15-16-7-10)17-20(18,19)12-3-2-9(5-14)4-11(12)13/h2-4,6-8,17H,5,14H2,1H3,(H,15,16). The first-order valence-corrected chi connectivity index (χ1v) is 7.79.